The molecule has 88 valence electrons. The van der Waals surface area contributed by atoms with Gasteiger partial charge in [-0.05, 0) is 12.3 Å². The fourth-order valence-corrected chi connectivity index (χ4v) is 1.47. The first kappa shape index (κ1) is 14.1. The number of ketones is 1. The number of nitrogens with two attached hydrogens (primary N) is 1. The third-order valence-electron chi connectivity index (χ3n) is 2.96. The molecule has 0 rings (SSSR count). The molecule has 0 radical (unpaired) electrons. The van der Waals surface area contributed by atoms with E-state index in [9.17, 15) is 9.59 Å². The van der Waals surface area contributed by atoms with Crippen molar-refractivity contribution in [2.75, 3.05) is 0 Å². The molecule has 0 saturated heterocycles. The van der Waals surface area contributed by atoms with Gasteiger partial charge in [-0.3, -0.25) is 4.79 Å². The molecule has 0 heterocycles. The molecule has 4 heteroatoms. The molecule has 0 fully saturated rings. The summed E-state index contributed by atoms with van der Waals surface area (Å²) in [6.07, 6.45) is 2.40. The highest BCUT2D eigenvalue weighted by Gasteiger charge is 2.45. The summed E-state index contributed by atoms with van der Waals surface area (Å²) in [6, 6.07) is 0. The highest BCUT2D eigenvalue weighted by atomic mass is 16.4. The summed E-state index contributed by atoms with van der Waals surface area (Å²) >= 11 is 0. The van der Waals surface area contributed by atoms with E-state index in [0.717, 1.165) is 6.42 Å². The summed E-state index contributed by atoms with van der Waals surface area (Å²) in [5.74, 6) is -1.90. The molecule has 2 atom stereocenters. The number of carboxylic acids is 1. The maximum absolute atomic E-state index is 11.8. The second-order valence-electron chi connectivity index (χ2n) is 4.01. The number of carbonyl (C=O) groups excluding carboxylic acids is 1. The van der Waals surface area contributed by atoms with Crippen LogP contribution in [0.1, 0.15) is 46.5 Å². The number of hydrogen-bond acceptors (Lipinski definition) is 3. The normalized spacial score (nSPS) is 16.8. The van der Waals surface area contributed by atoms with Crippen molar-refractivity contribution in [3.63, 3.8) is 0 Å². The average molecular weight is 215 g/mol. The highest BCUT2D eigenvalue weighted by molar-refractivity contribution is 6.07. The van der Waals surface area contributed by atoms with Crippen LogP contribution in [0.3, 0.4) is 0 Å². The number of Topliss-reactive ketones (excluding diaryl/α,β-unsaturated/α-hetero) is 1. The summed E-state index contributed by atoms with van der Waals surface area (Å²) in [6.45, 7) is 5.50. The molecular formula is C11H21NO3. The van der Waals surface area contributed by atoms with E-state index >= 15 is 0 Å². The van der Waals surface area contributed by atoms with Gasteiger partial charge in [0.15, 0.2) is 11.3 Å². The molecule has 0 aliphatic carbocycles. The first-order valence-corrected chi connectivity index (χ1v) is 5.46. The number of aliphatic carboxylic acids is 1. The van der Waals surface area contributed by atoms with Crippen molar-refractivity contribution in [2.45, 2.75) is 52.0 Å². The third kappa shape index (κ3) is 3.02. The van der Waals surface area contributed by atoms with Gasteiger partial charge < -0.3 is 10.8 Å². The average Bonchev–Trinajstić information content (AvgIpc) is 2.22. The SMILES string of the molecule is CCCCC(=O)C(N)(C(=O)O)C(C)CC. The predicted molar refractivity (Wildman–Crippen MR) is 58.5 cm³/mol. The van der Waals surface area contributed by atoms with Crippen LogP contribution in [0.25, 0.3) is 0 Å². The Morgan fingerprint density at radius 3 is 2.27 bits per heavy atom. The molecule has 2 unspecified atom stereocenters. The lowest BCUT2D eigenvalue weighted by Crippen LogP contribution is -2.59. The van der Waals surface area contributed by atoms with Gasteiger partial charge in [-0.1, -0.05) is 33.6 Å². The van der Waals surface area contributed by atoms with Crippen molar-refractivity contribution in [2.24, 2.45) is 11.7 Å². The van der Waals surface area contributed by atoms with Crippen LogP contribution >= 0.6 is 0 Å². The number of carbonyl (C=O) groups is 2. The topological polar surface area (TPSA) is 80.4 Å². The fourth-order valence-electron chi connectivity index (χ4n) is 1.47. The van der Waals surface area contributed by atoms with Crippen LogP contribution in [0.4, 0.5) is 0 Å². The Labute approximate surface area is 90.8 Å². The second-order valence-corrected chi connectivity index (χ2v) is 4.01. The van der Waals surface area contributed by atoms with Crippen LogP contribution in [0.15, 0.2) is 0 Å². The standard InChI is InChI=1S/C11H21NO3/c1-4-6-7-9(13)11(12,10(14)15)8(3)5-2/h8H,4-7,12H2,1-3H3,(H,14,15). The lowest BCUT2D eigenvalue weighted by molar-refractivity contribution is -0.150. The van der Waals surface area contributed by atoms with Gasteiger partial charge in [-0.25, -0.2) is 4.79 Å². The fraction of sp³-hybridized carbons (Fsp3) is 0.818. The lowest BCUT2D eigenvalue weighted by atomic mass is 9.79. The van der Waals surface area contributed by atoms with Gasteiger partial charge in [0.2, 0.25) is 0 Å². The molecule has 0 aromatic rings. The minimum absolute atomic E-state index is 0.254. The number of hydrogen-bond donors (Lipinski definition) is 2. The summed E-state index contributed by atoms with van der Waals surface area (Å²) in [7, 11) is 0. The zero-order chi connectivity index (χ0) is 12.1. The van der Waals surface area contributed by atoms with Gasteiger partial charge >= 0.3 is 5.97 Å². The van der Waals surface area contributed by atoms with Crippen molar-refractivity contribution in [3.05, 3.63) is 0 Å². The molecule has 0 aromatic heterocycles. The van der Waals surface area contributed by atoms with E-state index in [4.69, 9.17) is 10.8 Å². The Balaban J connectivity index is 4.78. The minimum Gasteiger partial charge on any atom is -0.480 e. The van der Waals surface area contributed by atoms with Gasteiger partial charge in [0.25, 0.3) is 0 Å². The molecule has 0 saturated carbocycles. The zero-order valence-electron chi connectivity index (χ0n) is 9.75. The Morgan fingerprint density at radius 1 is 1.40 bits per heavy atom. The summed E-state index contributed by atoms with van der Waals surface area (Å²) in [5, 5.41) is 9.06. The summed E-state index contributed by atoms with van der Waals surface area (Å²) < 4.78 is 0. The number of carboxylic acid groups (broad SMARTS) is 1. The predicted octanol–water partition coefficient (Wildman–Crippen LogP) is 1.57. The molecule has 0 amide bonds. The molecule has 0 bridgehead atoms. The van der Waals surface area contributed by atoms with E-state index in [0.29, 0.717) is 12.8 Å². The van der Waals surface area contributed by atoms with E-state index in [2.05, 4.69) is 0 Å². The van der Waals surface area contributed by atoms with Gasteiger partial charge in [0, 0.05) is 6.42 Å². The van der Waals surface area contributed by atoms with E-state index in [1.165, 1.54) is 0 Å². The molecular weight excluding hydrogens is 194 g/mol. The van der Waals surface area contributed by atoms with Gasteiger partial charge in [-0.15, -0.1) is 0 Å². The van der Waals surface area contributed by atoms with Crippen LogP contribution < -0.4 is 5.73 Å². The van der Waals surface area contributed by atoms with Crippen molar-refractivity contribution in [1.82, 2.24) is 0 Å². The number of unbranched alkanes of at least 4 members (excludes halogenated alkanes) is 1. The lowest BCUT2D eigenvalue weighted by Gasteiger charge is -2.29. The Morgan fingerprint density at radius 2 is 1.93 bits per heavy atom. The van der Waals surface area contributed by atoms with Crippen molar-refractivity contribution in [3.8, 4) is 0 Å². The van der Waals surface area contributed by atoms with Crippen LogP contribution in [-0.4, -0.2) is 22.4 Å². The molecule has 15 heavy (non-hydrogen) atoms. The maximum Gasteiger partial charge on any atom is 0.331 e. The Bertz CT molecular complexity index is 240. The van der Waals surface area contributed by atoms with Crippen LogP contribution in [0, 0.1) is 5.92 Å². The summed E-state index contributed by atoms with van der Waals surface area (Å²) in [5.41, 5.74) is 4.03. The molecule has 0 aliphatic heterocycles. The Hall–Kier alpha value is -0.900. The van der Waals surface area contributed by atoms with Gasteiger partial charge in [0.1, 0.15) is 0 Å². The monoisotopic (exact) mass is 215 g/mol. The van der Waals surface area contributed by atoms with Crippen LogP contribution in [0.5, 0.6) is 0 Å². The third-order valence-corrected chi connectivity index (χ3v) is 2.96. The van der Waals surface area contributed by atoms with E-state index < -0.39 is 11.5 Å². The van der Waals surface area contributed by atoms with Crippen molar-refractivity contribution < 1.29 is 14.7 Å². The zero-order valence-corrected chi connectivity index (χ0v) is 9.75. The van der Waals surface area contributed by atoms with E-state index in [1.54, 1.807) is 6.92 Å². The van der Waals surface area contributed by atoms with Crippen molar-refractivity contribution >= 4 is 11.8 Å². The maximum atomic E-state index is 11.8. The Kier molecular flexibility index (Phi) is 5.50. The smallest absolute Gasteiger partial charge is 0.331 e. The molecule has 4 nitrogen and oxygen atoms in total. The number of rotatable bonds is 7. The van der Waals surface area contributed by atoms with Crippen LogP contribution in [0.2, 0.25) is 0 Å². The molecule has 3 N–H and O–H groups in total. The van der Waals surface area contributed by atoms with Gasteiger partial charge in [0.05, 0.1) is 0 Å². The van der Waals surface area contributed by atoms with Gasteiger partial charge in [-0.2, -0.15) is 0 Å². The summed E-state index contributed by atoms with van der Waals surface area (Å²) in [4.78, 5) is 22.8. The quantitative estimate of drug-likeness (QED) is 0.632. The molecule has 0 spiro atoms. The van der Waals surface area contributed by atoms with E-state index in [-0.39, 0.29) is 18.1 Å². The molecule has 0 aromatic carbocycles. The highest BCUT2D eigenvalue weighted by Crippen LogP contribution is 2.21. The molecule has 0 aliphatic rings. The first-order valence-electron chi connectivity index (χ1n) is 5.46. The van der Waals surface area contributed by atoms with Crippen molar-refractivity contribution in [1.29, 1.82) is 0 Å². The van der Waals surface area contributed by atoms with E-state index in [1.807, 2.05) is 13.8 Å². The second kappa shape index (κ2) is 5.85. The largest absolute Gasteiger partial charge is 0.480 e. The minimum atomic E-state index is -1.70. The first-order chi connectivity index (χ1) is 6.91. The van der Waals surface area contributed by atoms with Crippen LogP contribution in [-0.2, 0) is 9.59 Å².